The number of halogens is 3. The molecule has 0 aromatic carbocycles. The minimum atomic E-state index is -4.46. The molecule has 0 spiro atoms. The van der Waals surface area contributed by atoms with Crippen molar-refractivity contribution >= 4 is 28.2 Å². The summed E-state index contributed by atoms with van der Waals surface area (Å²) in [6, 6.07) is 4.16. The lowest BCUT2D eigenvalue weighted by Gasteiger charge is -2.46. The largest absolute Gasteiger partial charge is 0.406 e. The van der Waals surface area contributed by atoms with Gasteiger partial charge in [0.05, 0.1) is 23.0 Å². The van der Waals surface area contributed by atoms with Crippen molar-refractivity contribution in [1.82, 2.24) is 29.5 Å². The van der Waals surface area contributed by atoms with Gasteiger partial charge in [0.25, 0.3) is 5.91 Å². The number of alkyl halides is 3. The second kappa shape index (κ2) is 9.51. The van der Waals surface area contributed by atoms with E-state index in [0.717, 1.165) is 30.8 Å². The predicted molar refractivity (Wildman–Crippen MR) is 129 cm³/mol. The molecule has 1 N–H and O–H groups in total. The summed E-state index contributed by atoms with van der Waals surface area (Å²) in [4.78, 5) is 24.4. The third-order valence-electron chi connectivity index (χ3n) is 6.31. The van der Waals surface area contributed by atoms with Crippen molar-refractivity contribution in [3.63, 3.8) is 0 Å². The van der Waals surface area contributed by atoms with Crippen LogP contribution < -0.4 is 5.32 Å². The molecule has 4 heterocycles. The topological polar surface area (TPSA) is 103 Å². The smallest absolute Gasteiger partial charge is 0.320 e. The van der Waals surface area contributed by atoms with Gasteiger partial charge in [-0.1, -0.05) is 0 Å². The standard InChI is InChI=1S/C23H25F3N8OS/c1-14-17(12-32(4)31-14)18-13-36-21(29-18)30-19-6-5-15(10-28-19)20(35)34-8-7-33(11-16(34)9-27)22(2,3)23(24,25)26/h5-6,10,12-13,16H,7-8,11H2,1-4H3,(H,28,29,30)/t16-/m1/s1. The van der Waals surface area contributed by atoms with E-state index < -0.39 is 23.7 Å². The number of rotatable bonds is 5. The van der Waals surface area contributed by atoms with Gasteiger partial charge >= 0.3 is 6.18 Å². The number of nitriles is 1. The van der Waals surface area contributed by atoms with Crippen LogP contribution in [0.5, 0.6) is 0 Å². The summed E-state index contributed by atoms with van der Waals surface area (Å²) in [5, 5.41) is 19.5. The van der Waals surface area contributed by atoms with Gasteiger partial charge in [0.2, 0.25) is 0 Å². The number of anilines is 2. The summed E-state index contributed by atoms with van der Waals surface area (Å²) in [6.45, 7) is 3.89. The van der Waals surface area contributed by atoms with Crippen LogP contribution in [0.1, 0.15) is 29.9 Å². The normalized spacial score (nSPS) is 17.2. The second-order valence-corrected chi connectivity index (χ2v) is 9.90. The van der Waals surface area contributed by atoms with E-state index in [9.17, 15) is 23.2 Å². The van der Waals surface area contributed by atoms with Crippen LogP contribution in [0, 0.1) is 18.3 Å². The molecule has 1 aliphatic heterocycles. The molecule has 3 aromatic heterocycles. The number of hydrogen-bond acceptors (Lipinski definition) is 8. The number of thiazole rings is 1. The van der Waals surface area contributed by atoms with Crippen LogP contribution in [0.2, 0.25) is 0 Å². The highest BCUT2D eigenvalue weighted by Crippen LogP contribution is 2.36. The Labute approximate surface area is 210 Å². The summed E-state index contributed by atoms with van der Waals surface area (Å²) in [5.74, 6) is 0.0255. The lowest BCUT2D eigenvalue weighted by molar-refractivity contribution is -0.224. The molecule has 13 heteroatoms. The maximum Gasteiger partial charge on any atom is 0.406 e. The number of pyridine rings is 1. The number of aryl methyl sites for hydroxylation is 2. The highest BCUT2D eigenvalue weighted by atomic mass is 32.1. The molecular weight excluding hydrogens is 493 g/mol. The Morgan fingerprint density at radius 1 is 1.28 bits per heavy atom. The van der Waals surface area contributed by atoms with E-state index in [-0.39, 0.29) is 25.2 Å². The molecule has 9 nitrogen and oxygen atoms in total. The fourth-order valence-electron chi connectivity index (χ4n) is 4.00. The first-order valence-corrected chi connectivity index (χ1v) is 12.0. The molecule has 1 saturated heterocycles. The number of carbonyl (C=O) groups excluding carboxylic acids is 1. The SMILES string of the molecule is Cc1nn(C)cc1-c1csc(Nc2ccc(C(=O)N3CCN(C(C)(C)C(F)(F)F)C[C@H]3C#N)cn2)n1. The van der Waals surface area contributed by atoms with Gasteiger partial charge < -0.3 is 10.2 Å². The highest BCUT2D eigenvalue weighted by molar-refractivity contribution is 7.14. The molecule has 3 aromatic rings. The van der Waals surface area contributed by atoms with Crippen molar-refractivity contribution in [2.24, 2.45) is 7.05 Å². The Kier molecular flexibility index (Phi) is 6.76. The zero-order valence-electron chi connectivity index (χ0n) is 20.2. The van der Waals surface area contributed by atoms with Gasteiger partial charge in [0.15, 0.2) is 5.13 Å². The second-order valence-electron chi connectivity index (χ2n) is 9.04. The Bertz CT molecular complexity index is 1290. The summed E-state index contributed by atoms with van der Waals surface area (Å²) in [6.07, 6.45) is -1.18. The molecule has 0 saturated carbocycles. The van der Waals surface area contributed by atoms with E-state index in [1.807, 2.05) is 31.6 Å². The Morgan fingerprint density at radius 3 is 2.61 bits per heavy atom. The molecule has 1 aliphatic rings. The first-order chi connectivity index (χ1) is 16.9. The lowest BCUT2D eigenvalue weighted by atomic mass is 9.98. The summed E-state index contributed by atoms with van der Waals surface area (Å²) >= 11 is 1.40. The predicted octanol–water partition coefficient (Wildman–Crippen LogP) is 3.98. The fourth-order valence-corrected chi connectivity index (χ4v) is 4.72. The van der Waals surface area contributed by atoms with Crippen molar-refractivity contribution in [3.8, 4) is 17.3 Å². The monoisotopic (exact) mass is 518 g/mol. The van der Waals surface area contributed by atoms with Crippen LogP contribution in [-0.4, -0.2) is 72.8 Å². The Hall–Kier alpha value is -3.50. The van der Waals surface area contributed by atoms with Crippen LogP contribution in [0.15, 0.2) is 29.9 Å². The van der Waals surface area contributed by atoms with Gasteiger partial charge in [-0.25, -0.2) is 9.97 Å². The molecule has 1 amide bonds. The lowest BCUT2D eigenvalue weighted by Crippen LogP contribution is -2.64. The van der Waals surface area contributed by atoms with E-state index in [1.165, 1.54) is 27.3 Å². The first kappa shape index (κ1) is 25.6. The number of aromatic nitrogens is 4. The zero-order valence-corrected chi connectivity index (χ0v) is 21.0. The number of nitrogens with one attached hydrogen (secondary N) is 1. The molecule has 36 heavy (non-hydrogen) atoms. The van der Waals surface area contributed by atoms with Crippen molar-refractivity contribution < 1.29 is 18.0 Å². The van der Waals surface area contributed by atoms with Gasteiger partial charge in [-0.15, -0.1) is 11.3 Å². The number of nitrogens with zero attached hydrogens (tertiary/aromatic N) is 7. The van der Waals surface area contributed by atoms with Crippen LogP contribution in [0.4, 0.5) is 24.1 Å². The number of piperazine rings is 1. The van der Waals surface area contributed by atoms with E-state index in [2.05, 4.69) is 20.4 Å². The maximum atomic E-state index is 13.4. The van der Waals surface area contributed by atoms with Crippen molar-refractivity contribution in [3.05, 3.63) is 41.2 Å². The molecule has 4 rings (SSSR count). The molecule has 190 valence electrons. The van der Waals surface area contributed by atoms with Crippen molar-refractivity contribution in [1.29, 1.82) is 5.26 Å². The minimum absolute atomic E-state index is 0.00617. The van der Waals surface area contributed by atoms with Gasteiger partial charge in [0.1, 0.15) is 17.4 Å². The van der Waals surface area contributed by atoms with Crippen LogP contribution in [0.3, 0.4) is 0 Å². The minimum Gasteiger partial charge on any atom is -0.320 e. The molecule has 1 atom stereocenters. The van der Waals surface area contributed by atoms with Gasteiger partial charge in [-0.2, -0.15) is 23.5 Å². The van der Waals surface area contributed by atoms with Crippen LogP contribution >= 0.6 is 11.3 Å². The zero-order chi connectivity index (χ0) is 26.3. The van der Waals surface area contributed by atoms with Crippen LogP contribution in [0.25, 0.3) is 11.3 Å². The number of carbonyl (C=O) groups is 1. The molecule has 0 bridgehead atoms. The van der Waals surface area contributed by atoms with E-state index in [0.29, 0.717) is 10.9 Å². The Morgan fingerprint density at radius 2 is 2.03 bits per heavy atom. The van der Waals surface area contributed by atoms with E-state index in [1.54, 1.807) is 16.8 Å². The molecular formula is C23H25F3N8OS. The quantitative estimate of drug-likeness (QED) is 0.545. The summed E-state index contributed by atoms with van der Waals surface area (Å²) in [5.41, 5.74) is 0.734. The van der Waals surface area contributed by atoms with Gasteiger partial charge in [-0.05, 0) is 32.9 Å². The maximum absolute atomic E-state index is 13.4. The van der Waals surface area contributed by atoms with Gasteiger partial charge in [0, 0.05) is 50.0 Å². The molecule has 1 fully saturated rings. The summed E-state index contributed by atoms with van der Waals surface area (Å²) < 4.78 is 42.1. The average molecular weight is 519 g/mol. The van der Waals surface area contributed by atoms with Crippen molar-refractivity contribution in [2.75, 3.05) is 25.0 Å². The fraction of sp³-hybridized carbons (Fsp3) is 0.435. The third kappa shape index (κ3) is 4.91. The summed E-state index contributed by atoms with van der Waals surface area (Å²) in [7, 11) is 1.84. The number of amides is 1. The van der Waals surface area contributed by atoms with Crippen LogP contribution in [-0.2, 0) is 7.05 Å². The molecule has 0 radical (unpaired) electrons. The molecule has 0 unspecified atom stereocenters. The molecule has 0 aliphatic carbocycles. The van der Waals surface area contributed by atoms with Gasteiger partial charge in [-0.3, -0.25) is 14.4 Å². The average Bonchev–Trinajstić information content (AvgIpc) is 3.43. The van der Waals surface area contributed by atoms with E-state index in [4.69, 9.17) is 0 Å². The van der Waals surface area contributed by atoms with Crippen molar-refractivity contribution in [2.45, 2.75) is 38.5 Å². The van der Waals surface area contributed by atoms with E-state index >= 15 is 0 Å². The number of hydrogen-bond donors (Lipinski definition) is 1. The third-order valence-corrected chi connectivity index (χ3v) is 7.07. The Balaban J connectivity index is 1.42. The first-order valence-electron chi connectivity index (χ1n) is 11.1. The highest BCUT2D eigenvalue weighted by Gasteiger charge is 2.53.